The summed E-state index contributed by atoms with van der Waals surface area (Å²) in [5, 5.41) is 16.0. The second-order valence-corrected chi connectivity index (χ2v) is 7.54. The summed E-state index contributed by atoms with van der Waals surface area (Å²) in [4.78, 5) is 4.71. The number of nitrogens with one attached hydrogen (secondary N) is 2. The topological polar surface area (TPSA) is 65.9 Å². The Kier molecular flexibility index (Phi) is 11.6. The normalized spacial score (nSPS) is 12.6. The molecule has 0 radical (unpaired) electrons. The first-order chi connectivity index (χ1) is 14.7. The lowest BCUT2D eigenvalue weighted by Gasteiger charge is -2.18. The molecule has 0 aromatic heterocycles. The zero-order valence-electron chi connectivity index (χ0n) is 18.4. The predicted octanol–water partition coefficient (Wildman–Crippen LogP) is 4.26. The van der Waals surface area contributed by atoms with Gasteiger partial charge in [-0.05, 0) is 42.4 Å². The average Bonchev–Trinajstić information content (AvgIpc) is 2.77. The minimum absolute atomic E-state index is 0.238. The fourth-order valence-corrected chi connectivity index (χ4v) is 3.29. The van der Waals surface area contributed by atoms with Crippen molar-refractivity contribution in [1.82, 2.24) is 10.6 Å². The molecule has 5 nitrogen and oxygen atoms in total. The van der Waals surface area contributed by atoms with Crippen molar-refractivity contribution < 1.29 is 9.84 Å². The predicted molar refractivity (Wildman–Crippen MR) is 124 cm³/mol. The summed E-state index contributed by atoms with van der Waals surface area (Å²) in [6, 6.07) is 18.7. The molecule has 2 rings (SSSR count). The summed E-state index contributed by atoms with van der Waals surface area (Å²) in [5.41, 5.74) is 3.52. The van der Waals surface area contributed by atoms with E-state index in [2.05, 4.69) is 60.9 Å². The van der Waals surface area contributed by atoms with Crippen LogP contribution in [0.2, 0.25) is 0 Å². The van der Waals surface area contributed by atoms with Crippen LogP contribution in [0.5, 0.6) is 0 Å². The van der Waals surface area contributed by atoms with Gasteiger partial charge >= 0.3 is 0 Å². The summed E-state index contributed by atoms with van der Waals surface area (Å²) in [6.45, 7) is 7.99. The quantitative estimate of drug-likeness (QED) is 0.340. The Balaban J connectivity index is 1.81. The lowest BCUT2D eigenvalue weighted by Crippen LogP contribution is -2.40. The van der Waals surface area contributed by atoms with E-state index in [4.69, 9.17) is 9.73 Å². The molecular formula is C25H37N3O2. The van der Waals surface area contributed by atoms with Gasteiger partial charge < -0.3 is 20.5 Å². The molecule has 0 bridgehead atoms. The number of hydrogen-bond acceptors (Lipinski definition) is 3. The van der Waals surface area contributed by atoms with Crippen molar-refractivity contribution in [3.63, 3.8) is 0 Å². The van der Waals surface area contributed by atoms with Gasteiger partial charge in [-0.3, -0.25) is 0 Å². The van der Waals surface area contributed by atoms with E-state index in [1.165, 1.54) is 11.1 Å². The Labute approximate surface area is 181 Å². The number of aliphatic hydroxyl groups excluding tert-OH is 1. The summed E-state index contributed by atoms with van der Waals surface area (Å²) >= 11 is 0. The van der Waals surface area contributed by atoms with Gasteiger partial charge in [-0.1, -0.05) is 67.9 Å². The minimum Gasteiger partial charge on any atom is -0.396 e. The molecule has 0 aliphatic rings. The molecule has 0 heterocycles. The third kappa shape index (κ3) is 9.42. The highest BCUT2D eigenvalue weighted by atomic mass is 16.5. The standard InChI is InChI=1S/C25H37N3O2/c1-3-8-21(15-16-29)17-27-25(26-4-2)28-18-22-11-13-24(14-12-22)20-30-19-23-9-6-5-7-10-23/h5-7,9-14,21,29H,3-4,8,15-20H2,1-2H3,(H2,26,27,28). The van der Waals surface area contributed by atoms with Crippen molar-refractivity contribution in [3.8, 4) is 0 Å². The van der Waals surface area contributed by atoms with Crippen LogP contribution in [0.4, 0.5) is 0 Å². The average molecular weight is 412 g/mol. The van der Waals surface area contributed by atoms with Gasteiger partial charge in [-0.25, -0.2) is 4.99 Å². The molecule has 30 heavy (non-hydrogen) atoms. The summed E-state index contributed by atoms with van der Waals surface area (Å²) < 4.78 is 5.80. The Hall–Kier alpha value is -2.37. The van der Waals surface area contributed by atoms with Gasteiger partial charge in [0.2, 0.25) is 0 Å². The van der Waals surface area contributed by atoms with E-state index in [0.29, 0.717) is 25.7 Å². The number of benzene rings is 2. The Bertz CT molecular complexity index is 711. The molecule has 0 spiro atoms. The van der Waals surface area contributed by atoms with E-state index < -0.39 is 0 Å². The number of aliphatic hydroxyl groups is 1. The third-order valence-corrected chi connectivity index (χ3v) is 4.96. The number of nitrogens with zero attached hydrogens (tertiary/aromatic N) is 1. The van der Waals surface area contributed by atoms with Crippen LogP contribution in [0.3, 0.4) is 0 Å². The highest BCUT2D eigenvalue weighted by Gasteiger charge is 2.08. The summed E-state index contributed by atoms with van der Waals surface area (Å²) in [7, 11) is 0. The van der Waals surface area contributed by atoms with Gasteiger partial charge in [0.15, 0.2) is 5.96 Å². The molecule has 0 aliphatic heterocycles. The van der Waals surface area contributed by atoms with Crippen LogP contribution in [0.1, 0.15) is 49.8 Å². The minimum atomic E-state index is 0.238. The van der Waals surface area contributed by atoms with Crippen molar-refractivity contribution in [3.05, 3.63) is 71.3 Å². The second-order valence-electron chi connectivity index (χ2n) is 7.54. The molecule has 0 amide bonds. The van der Waals surface area contributed by atoms with Crippen LogP contribution in [0.25, 0.3) is 0 Å². The fourth-order valence-electron chi connectivity index (χ4n) is 3.29. The molecule has 1 unspecified atom stereocenters. The maximum absolute atomic E-state index is 9.24. The molecule has 0 saturated carbocycles. The van der Waals surface area contributed by atoms with Crippen LogP contribution in [-0.4, -0.2) is 30.8 Å². The highest BCUT2D eigenvalue weighted by Crippen LogP contribution is 2.10. The molecule has 1 atom stereocenters. The van der Waals surface area contributed by atoms with Gasteiger partial charge in [0.1, 0.15) is 0 Å². The molecule has 0 fully saturated rings. The van der Waals surface area contributed by atoms with Gasteiger partial charge in [0, 0.05) is 19.7 Å². The zero-order chi connectivity index (χ0) is 21.4. The summed E-state index contributed by atoms with van der Waals surface area (Å²) in [6.07, 6.45) is 3.07. The van der Waals surface area contributed by atoms with Crippen LogP contribution in [0.15, 0.2) is 59.6 Å². The third-order valence-electron chi connectivity index (χ3n) is 4.96. The molecule has 164 valence electrons. The van der Waals surface area contributed by atoms with Crippen LogP contribution < -0.4 is 10.6 Å². The van der Waals surface area contributed by atoms with E-state index in [-0.39, 0.29) is 6.61 Å². The molecule has 2 aromatic rings. The maximum Gasteiger partial charge on any atom is 0.191 e. The molecule has 5 heteroatoms. The lowest BCUT2D eigenvalue weighted by atomic mass is 10.0. The van der Waals surface area contributed by atoms with E-state index in [1.807, 2.05) is 18.2 Å². The molecule has 0 aliphatic carbocycles. The van der Waals surface area contributed by atoms with Gasteiger partial charge in [0.25, 0.3) is 0 Å². The smallest absolute Gasteiger partial charge is 0.191 e. The Morgan fingerprint density at radius 1 is 0.900 bits per heavy atom. The van der Waals surface area contributed by atoms with Crippen molar-refractivity contribution >= 4 is 5.96 Å². The van der Waals surface area contributed by atoms with Crippen molar-refractivity contribution in [1.29, 1.82) is 0 Å². The van der Waals surface area contributed by atoms with Gasteiger partial charge in [-0.2, -0.15) is 0 Å². The maximum atomic E-state index is 9.24. The highest BCUT2D eigenvalue weighted by molar-refractivity contribution is 5.79. The van der Waals surface area contributed by atoms with E-state index in [0.717, 1.165) is 43.9 Å². The van der Waals surface area contributed by atoms with Gasteiger partial charge in [-0.15, -0.1) is 0 Å². The van der Waals surface area contributed by atoms with Crippen LogP contribution in [-0.2, 0) is 24.5 Å². The molecule has 2 aromatic carbocycles. The van der Waals surface area contributed by atoms with Crippen molar-refractivity contribution in [2.24, 2.45) is 10.9 Å². The number of aliphatic imine (C=N–C) groups is 1. The molecular weight excluding hydrogens is 374 g/mol. The monoisotopic (exact) mass is 411 g/mol. The van der Waals surface area contributed by atoms with Crippen LogP contribution in [0, 0.1) is 5.92 Å². The number of rotatable bonds is 13. The van der Waals surface area contributed by atoms with Crippen molar-refractivity contribution in [2.45, 2.75) is 52.9 Å². The molecule has 3 N–H and O–H groups in total. The van der Waals surface area contributed by atoms with Crippen molar-refractivity contribution in [2.75, 3.05) is 19.7 Å². The largest absolute Gasteiger partial charge is 0.396 e. The SMILES string of the molecule is CCCC(CCO)CNC(=NCc1ccc(COCc2ccccc2)cc1)NCC. The first kappa shape index (κ1) is 23.9. The Morgan fingerprint density at radius 3 is 2.20 bits per heavy atom. The molecule has 0 saturated heterocycles. The number of hydrogen-bond donors (Lipinski definition) is 3. The lowest BCUT2D eigenvalue weighted by molar-refractivity contribution is 0.107. The Morgan fingerprint density at radius 2 is 1.57 bits per heavy atom. The van der Waals surface area contributed by atoms with E-state index in [1.54, 1.807) is 0 Å². The number of guanidine groups is 1. The second kappa shape index (κ2) is 14.6. The zero-order valence-corrected chi connectivity index (χ0v) is 18.4. The number of ether oxygens (including phenoxy) is 1. The van der Waals surface area contributed by atoms with E-state index in [9.17, 15) is 5.11 Å². The van der Waals surface area contributed by atoms with Gasteiger partial charge in [0.05, 0.1) is 19.8 Å². The van der Waals surface area contributed by atoms with E-state index >= 15 is 0 Å². The fraction of sp³-hybridized carbons (Fsp3) is 0.480. The first-order valence-electron chi connectivity index (χ1n) is 11.1. The first-order valence-corrected chi connectivity index (χ1v) is 11.1. The summed E-state index contributed by atoms with van der Waals surface area (Å²) in [5.74, 6) is 1.30. The van der Waals surface area contributed by atoms with Crippen LogP contribution >= 0.6 is 0 Å².